The van der Waals surface area contributed by atoms with Crippen molar-refractivity contribution in [2.75, 3.05) is 25.0 Å². The highest BCUT2D eigenvalue weighted by atomic mass is 31.1. The van der Waals surface area contributed by atoms with Gasteiger partial charge in [0.2, 0.25) is 0 Å². The highest BCUT2D eigenvalue weighted by Gasteiger charge is 2.33. The van der Waals surface area contributed by atoms with Crippen molar-refractivity contribution in [3.8, 4) is 0 Å². The molecule has 0 saturated carbocycles. The Morgan fingerprint density at radius 1 is 0.938 bits per heavy atom. The fourth-order valence-electron chi connectivity index (χ4n) is 3.18. The van der Waals surface area contributed by atoms with Gasteiger partial charge in [-0.2, -0.15) is 13.2 Å². The minimum Gasteiger partial charge on any atom is -0.385 e. The van der Waals surface area contributed by atoms with Crippen molar-refractivity contribution >= 4 is 13.9 Å². The summed E-state index contributed by atoms with van der Waals surface area (Å²) in [5.41, 5.74) is 0.894. The molecule has 0 heterocycles. The summed E-state index contributed by atoms with van der Waals surface area (Å²) < 4.78 is 68.3. The smallest absolute Gasteiger partial charge is 0.385 e. The lowest BCUT2D eigenvalue weighted by atomic mass is 10.1. The van der Waals surface area contributed by atoms with E-state index in [0.717, 1.165) is 37.3 Å². The highest BCUT2D eigenvalue weighted by molar-refractivity contribution is 7.32. The van der Waals surface area contributed by atoms with Gasteiger partial charge >= 0.3 is 14.4 Å². The van der Waals surface area contributed by atoms with Crippen LogP contribution in [-0.2, 0) is 28.2 Å². The number of anilines is 1. The topological polar surface area (TPSA) is 70.6 Å². The van der Waals surface area contributed by atoms with E-state index in [-0.39, 0.29) is 24.7 Å². The Labute approximate surface area is 186 Å². The van der Waals surface area contributed by atoms with Crippen LogP contribution in [-0.4, -0.2) is 24.6 Å². The average Bonchev–Trinajstić information content (AvgIpc) is 2.74. The molecule has 0 saturated heterocycles. The maximum absolute atomic E-state index is 13.5. The van der Waals surface area contributed by atoms with Crippen LogP contribution in [0.4, 0.5) is 23.2 Å². The number of alkyl halides is 3. The monoisotopic (exact) mass is 476 g/mol. The van der Waals surface area contributed by atoms with E-state index >= 15 is 0 Å². The molecule has 0 aromatic heterocycles. The number of aryl methyl sites for hydroxylation is 1. The van der Waals surface area contributed by atoms with Crippen molar-refractivity contribution < 1.29 is 31.5 Å². The number of hydrogen-bond acceptors (Lipinski definition) is 4. The van der Waals surface area contributed by atoms with E-state index in [1.165, 1.54) is 18.2 Å². The molecule has 0 aliphatic heterocycles. The predicted molar refractivity (Wildman–Crippen MR) is 117 cm³/mol. The summed E-state index contributed by atoms with van der Waals surface area (Å²) in [5.74, 6) is -0.271. The van der Waals surface area contributed by atoms with Gasteiger partial charge in [-0.05, 0) is 67.6 Å². The summed E-state index contributed by atoms with van der Waals surface area (Å²) >= 11 is 0. The van der Waals surface area contributed by atoms with E-state index < -0.39 is 20.0 Å². The molecule has 2 rings (SSSR count). The Kier molecular flexibility index (Phi) is 11.2. The molecular weight excluding hydrogens is 447 g/mol. The van der Waals surface area contributed by atoms with Gasteiger partial charge in [-0.25, -0.2) is 4.39 Å². The normalized spacial score (nSPS) is 12.7. The van der Waals surface area contributed by atoms with Crippen LogP contribution in [0.25, 0.3) is 0 Å². The zero-order valence-electron chi connectivity index (χ0n) is 17.7. The first-order valence-corrected chi connectivity index (χ1v) is 11.8. The molecule has 0 aliphatic carbocycles. The summed E-state index contributed by atoms with van der Waals surface area (Å²) in [6.45, 7) is 1.25. The summed E-state index contributed by atoms with van der Waals surface area (Å²) in [4.78, 5) is 8.56. The van der Waals surface area contributed by atoms with Crippen molar-refractivity contribution in [1.82, 2.24) is 5.32 Å². The lowest BCUT2D eigenvalue weighted by molar-refractivity contribution is -0.137. The number of rotatable bonds is 14. The first kappa shape index (κ1) is 26.3. The van der Waals surface area contributed by atoms with E-state index in [9.17, 15) is 22.1 Å². The number of hydrogen-bond donors (Lipinski definition) is 3. The fourth-order valence-corrected chi connectivity index (χ4v) is 3.50. The molecule has 0 bridgehead atoms. The van der Waals surface area contributed by atoms with Gasteiger partial charge in [0, 0.05) is 18.8 Å². The molecule has 1 atom stereocenters. The number of nitrogens with one attached hydrogen (secondary N) is 2. The Hall–Kier alpha value is -1.93. The highest BCUT2D eigenvalue weighted by Crippen LogP contribution is 2.35. The summed E-state index contributed by atoms with van der Waals surface area (Å²) in [5, 5.41) is 5.89. The molecule has 2 aromatic rings. The van der Waals surface area contributed by atoms with Gasteiger partial charge in [-0.15, -0.1) is 0 Å². The van der Waals surface area contributed by atoms with Crippen LogP contribution in [0.3, 0.4) is 0 Å². The van der Waals surface area contributed by atoms with Crippen molar-refractivity contribution in [2.24, 2.45) is 0 Å². The van der Waals surface area contributed by atoms with Crippen LogP contribution in [0.5, 0.6) is 0 Å². The van der Waals surface area contributed by atoms with Crippen molar-refractivity contribution in [2.45, 2.75) is 44.8 Å². The van der Waals surface area contributed by atoms with Crippen molar-refractivity contribution in [3.63, 3.8) is 0 Å². The Morgan fingerprint density at radius 2 is 1.66 bits per heavy atom. The quantitative estimate of drug-likeness (QED) is 0.190. The largest absolute Gasteiger partial charge is 0.418 e. The standard InChI is InChI=1S/C22H29F4N2O3P/c23-19-9-6-17(7-10-19)5-2-1-3-13-28-21-11-8-18(15-20(21)22(24,25)26)16-27-12-4-14-31-32(29)30/h6-11,15,27-28,32H,1-5,12-14,16H2,(H,29,30). The third kappa shape index (κ3) is 10.1. The second-order valence-electron chi connectivity index (χ2n) is 7.39. The SMILES string of the molecule is O=[PH](O)OCCCNCc1ccc(NCCCCCc2ccc(F)cc2)c(C(F)(F)F)c1. The maximum atomic E-state index is 13.5. The van der Waals surface area contributed by atoms with E-state index in [0.29, 0.717) is 25.1 Å². The molecule has 0 amide bonds. The number of halogens is 4. The summed E-state index contributed by atoms with van der Waals surface area (Å²) in [6.07, 6.45) is -0.732. The van der Waals surface area contributed by atoms with Crippen LogP contribution in [0.1, 0.15) is 42.4 Å². The summed E-state index contributed by atoms with van der Waals surface area (Å²) in [6, 6.07) is 10.5. The maximum Gasteiger partial charge on any atom is 0.418 e. The van der Waals surface area contributed by atoms with Gasteiger partial charge in [-0.3, -0.25) is 4.57 Å². The average molecular weight is 476 g/mol. The van der Waals surface area contributed by atoms with Crippen LogP contribution >= 0.6 is 8.25 Å². The molecule has 32 heavy (non-hydrogen) atoms. The molecule has 0 aliphatic rings. The molecule has 3 N–H and O–H groups in total. The van der Waals surface area contributed by atoms with E-state index in [2.05, 4.69) is 15.2 Å². The Balaban J connectivity index is 1.76. The van der Waals surface area contributed by atoms with E-state index in [1.807, 2.05) is 0 Å². The molecular formula is C22H29F4N2O3P. The van der Waals surface area contributed by atoms with Crippen LogP contribution < -0.4 is 10.6 Å². The molecule has 10 heteroatoms. The van der Waals surface area contributed by atoms with Crippen LogP contribution in [0, 0.1) is 5.82 Å². The Bertz CT molecular complexity index is 848. The molecule has 2 aromatic carbocycles. The van der Waals surface area contributed by atoms with Gasteiger partial charge in [0.1, 0.15) is 5.82 Å². The zero-order valence-corrected chi connectivity index (χ0v) is 18.7. The van der Waals surface area contributed by atoms with Gasteiger partial charge in [0.25, 0.3) is 0 Å². The minimum atomic E-state index is -4.47. The molecule has 1 unspecified atom stereocenters. The molecule has 0 fully saturated rings. The van der Waals surface area contributed by atoms with Crippen molar-refractivity contribution in [1.29, 1.82) is 0 Å². The number of unbranched alkanes of at least 4 members (excludes halogenated alkanes) is 2. The lowest BCUT2D eigenvalue weighted by Gasteiger charge is -2.16. The van der Waals surface area contributed by atoms with Gasteiger partial charge in [0.15, 0.2) is 0 Å². The van der Waals surface area contributed by atoms with Gasteiger partial charge in [-0.1, -0.05) is 24.6 Å². The second-order valence-corrected chi connectivity index (χ2v) is 8.21. The first-order chi connectivity index (χ1) is 15.3. The molecule has 0 spiro atoms. The third-order valence-corrected chi connectivity index (χ3v) is 5.26. The second kappa shape index (κ2) is 13.6. The summed E-state index contributed by atoms with van der Waals surface area (Å²) in [7, 11) is -2.95. The van der Waals surface area contributed by atoms with Crippen molar-refractivity contribution in [3.05, 3.63) is 65.0 Å². The third-order valence-electron chi connectivity index (χ3n) is 4.81. The van der Waals surface area contributed by atoms with Gasteiger partial charge < -0.3 is 20.1 Å². The molecule has 5 nitrogen and oxygen atoms in total. The molecule has 178 valence electrons. The Morgan fingerprint density at radius 3 is 2.34 bits per heavy atom. The van der Waals surface area contributed by atoms with Gasteiger partial charge in [0.05, 0.1) is 12.2 Å². The van der Waals surface area contributed by atoms with Crippen LogP contribution in [0.2, 0.25) is 0 Å². The predicted octanol–water partition coefficient (Wildman–Crippen LogP) is 5.55. The lowest BCUT2D eigenvalue weighted by Crippen LogP contribution is -2.17. The number of benzene rings is 2. The minimum absolute atomic E-state index is 0.0567. The fraction of sp³-hybridized carbons (Fsp3) is 0.455. The van der Waals surface area contributed by atoms with Crippen LogP contribution in [0.15, 0.2) is 42.5 Å². The first-order valence-electron chi connectivity index (χ1n) is 10.5. The zero-order chi connectivity index (χ0) is 23.4. The molecule has 0 radical (unpaired) electrons. The van der Waals surface area contributed by atoms with E-state index in [1.54, 1.807) is 18.2 Å². The van der Waals surface area contributed by atoms with E-state index in [4.69, 9.17) is 4.89 Å².